The smallest absolute Gasteiger partial charge is 0.279 e. The van der Waals surface area contributed by atoms with Crippen LogP contribution in [-0.2, 0) is 17.8 Å². The van der Waals surface area contributed by atoms with Crippen molar-refractivity contribution in [2.75, 3.05) is 44.6 Å². The first-order valence-electron chi connectivity index (χ1n) is 10.9. The van der Waals surface area contributed by atoms with Crippen LogP contribution in [0.1, 0.15) is 11.1 Å². The summed E-state index contributed by atoms with van der Waals surface area (Å²) in [6.07, 6.45) is 1.03. The van der Waals surface area contributed by atoms with Gasteiger partial charge < -0.3 is 19.9 Å². The lowest BCUT2D eigenvalue weighted by Gasteiger charge is -2.29. The van der Waals surface area contributed by atoms with Crippen molar-refractivity contribution in [2.24, 2.45) is 0 Å². The number of quaternary nitrogens is 2. The van der Waals surface area contributed by atoms with Crippen molar-refractivity contribution >= 4 is 22.4 Å². The molecule has 3 aromatic carbocycles. The van der Waals surface area contributed by atoms with Crippen molar-refractivity contribution in [2.45, 2.75) is 13.0 Å². The van der Waals surface area contributed by atoms with E-state index in [0.717, 1.165) is 68.0 Å². The minimum Gasteiger partial charge on any atom is -0.493 e. The van der Waals surface area contributed by atoms with Gasteiger partial charge in [0.25, 0.3) is 5.91 Å². The molecule has 0 aromatic heterocycles. The Morgan fingerprint density at radius 2 is 1.73 bits per heavy atom. The molecule has 0 spiro atoms. The molecule has 5 heteroatoms. The van der Waals surface area contributed by atoms with E-state index in [4.69, 9.17) is 4.74 Å². The highest BCUT2D eigenvalue weighted by molar-refractivity contribution is 6.02. The van der Waals surface area contributed by atoms with E-state index in [9.17, 15) is 4.79 Å². The van der Waals surface area contributed by atoms with Crippen molar-refractivity contribution in [1.82, 2.24) is 0 Å². The number of nitrogens with one attached hydrogen (secondary N) is 3. The van der Waals surface area contributed by atoms with Gasteiger partial charge in [-0.1, -0.05) is 36.4 Å². The van der Waals surface area contributed by atoms with Gasteiger partial charge in [0.1, 0.15) is 38.5 Å². The largest absolute Gasteiger partial charge is 0.493 e. The monoisotopic (exact) mass is 403 g/mol. The quantitative estimate of drug-likeness (QED) is 0.587. The zero-order chi connectivity index (χ0) is 20.3. The van der Waals surface area contributed by atoms with Crippen molar-refractivity contribution in [3.05, 3.63) is 71.8 Å². The number of carbonyl (C=O) groups is 1. The van der Waals surface area contributed by atoms with Gasteiger partial charge in [-0.25, -0.2) is 0 Å². The first-order valence-corrected chi connectivity index (χ1v) is 10.9. The highest BCUT2D eigenvalue weighted by Crippen LogP contribution is 2.25. The predicted molar refractivity (Wildman–Crippen MR) is 118 cm³/mol. The summed E-state index contributed by atoms with van der Waals surface area (Å²) in [6.45, 7) is 6.68. The minimum absolute atomic E-state index is 0.100. The predicted octanol–water partition coefficient (Wildman–Crippen LogP) is 0.697. The molecular weight excluding hydrogens is 374 g/mol. The van der Waals surface area contributed by atoms with Crippen LogP contribution in [0.5, 0.6) is 5.75 Å². The van der Waals surface area contributed by atoms with Gasteiger partial charge in [0.05, 0.1) is 6.61 Å². The third kappa shape index (κ3) is 4.18. The molecule has 3 aromatic rings. The average molecular weight is 404 g/mol. The van der Waals surface area contributed by atoms with Crippen LogP contribution in [0.4, 0.5) is 5.69 Å². The van der Waals surface area contributed by atoms with Crippen LogP contribution >= 0.6 is 0 Å². The number of ether oxygens (including phenoxy) is 1. The normalized spacial score (nSPS) is 20.5. The molecule has 1 fully saturated rings. The molecule has 0 atom stereocenters. The molecule has 5 nitrogen and oxygen atoms in total. The van der Waals surface area contributed by atoms with E-state index in [1.54, 1.807) is 4.90 Å². The topological polar surface area (TPSA) is 47.2 Å². The zero-order valence-electron chi connectivity index (χ0n) is 17.2. The standard InChI is InChI=1S/C25H27N3O2/c29-25(26-23-7-3-5-20-4-1-2-6-22(20)23)18-28-13-11-27(12-14-28)17-19-8-9-24-21(16-19)10-15-30-24/h1-9,16H,10-15,17-18H2,(H,26,29)/p+2. The Balaban J connectivity index is 1.13. The van der Waals surface area contributed by atoms with Crippen LogP contribution in [-0.4, -0.2) is 45.2 Å². The van der Waals surface area contributed by atoms with E-state index >= 15 is 0 Å². The van der Waals surface area contributed by atoms with Gasteiger partial charge in [-0.05, 0) is 35.2 Å². The number of carbonyl (C=O) groups excluding carboxylic acids is 1. The van der Waals surface area contributed by atoms with Crippen molar-refractivity contribution < 1.29 is 19.3 Å². The third-order valence-corrected chi connectivity index (χ3v) is 6.35. The molecule has 5 rings (SSSR count). The van der Waals surface area contributed by atoms with Crippen LogP contribution in [0.25, 0.3) is 10.8 Å². The Labute approximate surface area is 177 Å². The lowest BCUT2D eigenvalue weighted by atomic mass is 10.1. The van der Waals surface area contributed by atoms with E-state index in [1.165, 1.54) is 16.0 Å². The van der Waals surface area contributed by atoms with E-state index in [2.05, 4.69) is 41.7 Å². The van der Waals surface area contributed by atoms with Crippen LogP contribution in [0.15, 0.2) is 60.7 Å². The summed E-state index contributed by atoms with van der Waals surface area (Å²) >= 11 is 0. The van der Waals surface area contributed by atoms with Gasteiger partial charge in [-0.3, -0.25) is 4.79 Å². The van der Waals surface area contributed by atoms with Gasteiger partial charge in [-0.2, -0.15) is 0 Å². The van der Waals surface area contributed by atoms with Crippen molar-refractivity contribution in [3.63, 3.8) is 0 Å². The van der Waals surface area contributed by atoms with Gasteiger partial charge in [-0.15, -0.1) is 0 Å². The third-order valence-electron chi connectivity index (χ3n) is 6.35. The van der Waals surface area contributed by atoms with Crippen LogP contribution in [0.2, 0.25) is 0 Å². The number of hydrogen-bond acceptors (Lipinski definition) is 2. The maximum Gasteiger partial charge on any atom is 0.279 e. The number of piperazine rings is 1. The SMILES string of the molecule is O=C(C[NH+]1CC[NH+](Cc2ccc3c(c2)CCO3)CC1)Nc1cccc2ccccc12. The molecule has 1 saturated heterocycles. The Morgan fingerprint density at radius 1 is 0.933 bits per heavy atom. The number of rotatable bonds is 5. The van der Waals surface area contributed by atoms with Crippen LogP contribution < -0.4 is 19.9 Å². The summed E-state index contributed by atoms with van der Waals surface area (Å²) in [4.78, 5) is 15.6. The molecule has 2 aliphatic rings. The molecule has 0 saturated carbocycles. The molecular formula is C25H29N3O2+2. The molecule has 2 heterocycles. The average Bonchev–Trinajstić information content (AvgIpc) is 3.23. The lowest BCUT2D eigenvalue weighted by molar-refractivity contribution is -1.02. The molecule has 0 bridgehead atoms. The number of benzene rings is 3. The van der Waals surface area contributed by atoms with Gasteiger partial charge in [0, 0.05) is 23.1 Å². The Hall–Kier alpha value is -2.89. The Morgan fingerprint density at radius 3 is 2.63 bits per heavy atom. The number of amides is 1. The minimum atomic E-state index is 0.100. The van der Waals surface area contributed by atoms with Crippen molar-refractivity contribution in [1.29, 1.82) is 0 Å². The second-order valence-corrected chi connectivity index (χ2v) is 8.47. The fourth-order valence-electron chi connectivity index (χ4n) is 4.71. The summed E-state index contributed by atoms with van der Waals surface area (Å²) in [6, 6.07) is 20.9. The second kappa shape index (κ2) is 8.46. The number of hydrogen-bond donors (Lipinski definition) is 3. The van der Waals surface area contributed by atoms with Crippen LogP contribution in [0.3, 0.4) is 0 Å². The van der Waals surface area contributed by atoms with E-state index in [0.29, 0.717) is 6.54 Å². The summed E-state index contributed by atoms with van der Waals surface area (Å²) in [5, 5.41) is 5.37. The molecule has 154 valence electrons. The van der Waals surface area contributed by atoms with E-state index in [1.807, 2.05) is 24.3 Å². The highest BCUT2D eigenvalue weighted by Gasteiger charge is 2.25. The zero-order valence-corrected chi connectivity index (χ0v) is 17.2. The Kier molecular flexibility index (Phi) is 5.39. The second-order valence-electron chi connectivity index (χ2n) is 8.47. The van der Waals surface area contributed by atoms with Crippen molar-refractivity contribution in [3.8, 4) is 5.75 Å². The number of fused-ring (bicyclic) bond motifs is 2. The summed E-state index contributed by atoms with van der Waals surface area (Å²) in [5.41, 5.74) is 3.65. The first-order chi connectivity index (χ1) is 14.7. The molecule has 30 heavy (non-hydrogen) atoms. The fourth-order valence-corrected chi connectivity index (χ4v) is 4.71. The van der Waals surface area contributed by atoms with Gasteiger partial charge >= 0.3 is 0 Å². The number of anilines is 1. The highest BCUT2D eigenvalue weighted by atomic mass is 16.5. The maximum atomic E-state index is 12.7. The van der Waals surface area contributed by atoms with Gasteiger partial charge in [0.2, 0.25) is 0 Å². The maximum absolute atomic E-state index is 12.7. The summed E-state index contributed by atoms with van der Waals surface area (Å²) < 4.78 is 5.61. The molecule has 0 aliphatic carbocycles. The summed E-state index contributed by atoms with van der Waals surface area (Å²) in [5.74, 6) is 1.16. The molecule has 2 aliphatic heterocycles. The molecule has 0 unspecified atom stereocenters. The molecule has 3 N–H and O–H groups in total. The lowest BCUT2D eigenvalue weighted by Crippen LogP contribution is -3.28. The molecule has 0 radical (unpaired) electrons. The molecule has 1 amide bonds. The summed E-state index contributed by atoms with van der Waals surface area (Å²) in [7, 11) is 0. The fraction of sp³-hybridized carbons (Fsp3) is 0.320. The Bertz CT molecular complexity index is 1050. The van der Waals surface area contributed by atoms with Crippen LogP contribution in [0, 0.1) is 0 Å². The van der Waals surface area contributed by atoms with E-state index < -0.39 is 0 Å². The first kappa shape index (κ1) is 19.1. The van der Waals surface area contributed by atoms with Gasteiger partial charge in [0.15, 0.2) is 6.54 Å². The van der Waals surface area contributed by atoms with E-state index in [-0.39, 0.29) is 5.91 Å².